The number of ether oxygens (including phenoxy) is 3. The molecule has 0 aliphatic carbocycles. The van der Waals surface area contributed by atoms with Crippen molar-refractivity contribution in [3.05, 3.63) is 41.5 Å². The van der Waals surface area contributed by atoms with Crippen LogP contribution in [0.5, 0.6) is 0 Å². The molecule has 2 amide bonds. The highest BCUT2D eigenvalue weighted by Gasteiger charge is 2.26. The molecule has 3 heterocycles. The van der Waals surface area contributed by atoms with E-state index in [9.17, 15) is 9.59 Å². The molecule has 0 spiro atoms. The number of aryl methyl sites for hydroxylation is 2. The summed E-state index contributed by atoms with van der Waals surface area (Å²) in [7, 11) is 4.89. The van der Waals surface area contributed by atoms with Crippen LogP contribution in [0.4, 0.5) is 21.2 Å². The van der Waals surface area contributed by atoms with Crippen molar-refractivity contribution >= 4 is 34.9 Å². The molecule has 0 saturated heterocycles. The van der Waals surface area contributed by atoms with Gasteiger partial charge < -0.3 is 24.5 Å². The standard InChI is InChI=1S/C29H39N7O5/c1-28(2,3)40-26(37)33-21(39-9)16-14-19-12-10-11-18(32-19)13-15-20-23-22(31-17-35(23)7)25(34-24(20)30)36(8)27(38)41-29(4,5)6/h10-12,17,21H,14,16H2,1-9H3,(H2,30,34)(H,33,37)/t21-/m0/s1. The normalized spacial score (nSPS) is 12.3. The van der Waals surface area contributed by atoms with Crippen LogP contribution in [0.15, 0.2) is 24.5 Å². The van der Waals surface area contributed by atoms with E-state index in [0.29, 0.717) is 35.1 Å². The molecule has 0 aliphatic rings. The van der Waals surface area contributed by atoms with Gasteiger partial charge in [0.1, 0.15) is 34.5 Å². The number of alkyl carbamates (subject to hydrolysis) is 1. The minimum atomic E-state index is -0.674. The topological polar surface area (TPSA) is 147 Å². The summed E-state index contributed by atoms with van der Waals surface area (Å²) in [5.41, 5.74) is 7.92. The van der Waals surface area contributed by atoms with Crippen molar-refractivity contribution in [3.8, 4) is 11.8 Å². The molecule has 3 aromatic rings. The number of fused-ring (bicyclic) bond motifs is 1. The van der Waals surface area contributed by atoms with E-state index in [-0.39, 0.29) is 11.6 Å². The fourth-order valence-corrected chi connectivity index (χ4v) is 3.79. The number of nitrogen functional groups attached to an aromatic ring is 1. The summed E-state index contributed by atoms with van der Waals surface area (Å²) in [6.45, 7) is 10.8. The third-order valence-corrected chi connectivity index (χ3v) is 5.60. The molecular formula is C29H39N7O5. The molecule has 0 radical (unpaired) electrons. The number of nitrogens with zero attached hydrogens (tertiary/aromatic N) is 5. The Morgan fingerprint density at radius 1 is 1.10 bits per heavy atom. The predicted molar refractivity (Wildman–Crippen MR) is 156 cm³/mol. The second-order valence-corrected chi connectivity index (χ2v) is 11.5. The van der Waals surface area contributed by atoms with Crippen molar-refractivity contribution in [1.82, 2.24) is 24.8 Å². The number of nitrogens with two attached hydrogens (primary N) is 1. The summed E-state index contributed by atoms with van der Waals surface area (Å²) >= 11 is 0. The fraction of sp³-hybridized carbons (Fsp3) is 0.483. The Balaban J connectivity index is 1.82. The Morgan fingerprint density at radius 2 is 1.78 bits per heavy atom. The summed E-state index contributed by atoms with van der Waals surface area (Å²) < 4.78 is 17.9. The highest BCUT2D eigenvalue weighted by molar-refractivity contribution is 6.00. The average Bonchev–Trinajstić information content (AvgIpc) is 3.24. The van der Waals surface area contributed by atoms with Gasteiger partial charge in [-0.25, -0.2) is 24.5 Å². The van der Waals surface area contributed by atoms with Crippen LogP contribution in [0, 0.1) is 11.8 Å². The van der Waals surface area contributed by atoms with Crippen molar-refractivity contribution in [3.63, 3.8) is 0 Å². The quantitative estimate of drug-likeness (QED) is 0.332. The monoisotopic (exact) mass is 565 g/mol. The maximum atomic E-state index is 12.7. The number of rotatable bonds is 6. The number of pyridine rings is 2. The summed E-state index contributed by atoms with van der Waals surface area (Å²) in [6, 6.07) is 5.52. The minimum absolute atomic E-state index is 0.145. The van der Waals surface area contributed by atoms with Gasteiger partial charge in [-0.3, -0.25) is 10.2 Å². The van der Waals surface area contributed by atoms with Crippen molar-refractivity contribution in [1.29, 1.82) is 0 Å². The van der Waals surface area contributed by atoms with E-state index in [4.69, 9.17) is 19.9 Å². The molecule has 3 rings (SSSR count). The zero-order valence-electron chi connectivity index (χ0n) is 25.2. The smallest absolute Gasteiger partial charge is 0.415 e. The Labute approximate surface area is 240 Å². The summed E-state index contributed by atoms with van der Waals surface area (Å²) in [6.07, 6.45) is 0.966. The molecule has 0 unspecified atom stereocenters. The third kappa shape index (κ3) is 8.56. The number of anilines is 2. The van der Waals surface area contributed by atoms with Crippen LogP contribution in [-0.4, -0.2) is 63.3 Å². The number of hydrogen-bond donors (Lipinski definition) is 2. The maximum Gasteiger partial charge on any atom is 0.415 e. The molecule has 0 aromatic carbocycles. The van der Waals surface area contributed by atoms with Gasteiger partial charge in [0.25, 0.3) is 0 Å². The predicted octanol–water partition coefficient (Wildman–Crippen LogP) is 4.15. The van der Waals surface area contributed by atoms with Gasteiger partial charge in [-0.1, -0.05) is 12.0 Å². The summed E-state index contributed by atoms with van der Waals surface area (Å²) in [5.74, 6) is 6.57. The van der Waals surface area contributed by atoms with E-state index in [1.54, 1.807) is 65.6 Å². The van der Waals surface area contributed by atoms with Crippen LogP contribution in [0.25, 0.3) is 11.0 Å². The van der Waals surface area contributed by atoms with Crippen molar-refractivity contribution in [2.75, 3.05) is 24.8 Å². The molecular weight excluding hydrogens is 526 g/mol. The van der Waals surface area contributed by atoms with Crippen LogP contribution in [0.2, 0.25) is 0 Å². The van der Waals surface area contributed by atoms with Gasteiger partial charge in [0, 0.05) is 26.9 Å². The third-order valence-electron chi connectivity index (χ3n) is 5.60. The molecule has 0 fully saturated rings. The summed E-state index contributed by atoms with van der Waals surface area (Å²) in [5, 5.41) is 2.71. The molecule has 3 aromatic heterocycles. The van der Waals surface area contributed by atoms with Crippen molar-refractivity contribution in [2.24, 2.45) is 7.05 Å². The van der Waals surface area contributed by atoms with Crippen LogP contribution >= 0.6 is 0 Å². The number of imidazole rings is 1. The molecule has 0 saturated carbocycles. The van der Waals surface area contributed by atoms with Gasteiger partial charge in [-0.2, -0.15) is 0 Å². The highest BCUT2D eigenvalue weighted by Crippen LogP contribution is 2.29. The van der Waals surface area contributed by atoms with Crippen molar-refractivity contribution < 1.29 is 23.8 Å². The van der Waals surface area contributed by atoms with E-state index in [0.717, 1.165) is 5.69 Å². The van der Waals surface area contributed by atoms with Crippen LogP contribution in [0.3, 0.4) is 0 Å². The van der Waals surface area contributed by atoms with Gasteiger partial charge in [0.2, 0.25) is 0 Å². The van der Waals surface area contributed by atoms with E-state index >= 15 is 0 Å². The van der Waals surface area contributed by atoms with Crippen LogP contribution < -0.4 is 16.0 Å². The Kier molecular flexibility index (Phi) is 9.45. The molecule has 0 aliphatic heterocycles. The first-order chi connectivity index (χ1) is 19.1. The average molecular weight is 566 g/mol. The van der Waals surface area contributed by atoms with Gasteiger partial charge in [-0.15, -0.1) is 0 Å². The number of aromatic nitrogens is 4. The molecule has 3 N–H and O–H groups in total. The number of nitrogens with one attached hydrogen (secondary N) is 1. The Hall–Kier alpha value is -4.37. The number of hydrogen-bond acceptors (Lipinski definition) is 9. The molecule has 41 heavy (non-hydrogen) atoms. The second kappa shape index (κ2) is 12.4. The molecule has 12 heteroatoms. The first kappa shape index (κ1) is 31.2. The lowest BCUT2D eigenvalue weighted by molar-refractivity contribution is 0.0214. The Morgan fingerprint density at radius 3 is 2.41 bits per heavy atom. The fourth-order valence-electron chi connectivity index (χ4n) is 3.79. The first-order valence-corrected chi connectivity index (χ1v) is 13.2. The first-order valence-electron chi connectivity index (χ1n) is 13.2. The molecule has 1 atom stereocenters. The highest BCUT2D eigenvalue weighted by atomic mass is 16.6. The zero-order chi connectivity index (χ0) is 30.5. The lowest BCUT2D eigenvalue weighted by atomic mass is 10.1. The largest absolute Gasteiger partial charge is 0.444 e. The lowest BCUT2D eigenvalue weighted by Gasteiger charge is -2.24. The van der Waals surface area contributed by atoms with Gasteiger partial charge in [0.15, 0.2) is 5.82 Å². The number of carbonyl (C=O) groups excluding carboxylic acids is 2. The SMILES string of the molecule is CO[C@@H](CCc1cccc(C#Cc2c(N)nc(N(C)C(=O)OC(C)(C)C)c3ncn(C)c23)n1)NC(=O)OC(C)(C)C. The second-order valence-electron chi connectivity index (χ2n) is 11.5. The van der Waals surface area contributed by atoms with Crippen LogP contribution in [-0.2, 0) is 27.7 Å². The van der Waals surface area contributed by atoms with Gasteiger partial charge >= 0.3 is 12.2 Å². The number of carbonyl (C=O) groups is 2. The van der Waals surface area contributed by atoms with E-state index in [1.165, 1.54) is 12.0 Å². The van der Waals surface area contributed by atoms with Crippen LogP contribution in [0.1, 0.15) is 64.9 Å². The minimum Gasteiger partial charge on any atom is -0.444 e. The van der Waals surface area contributed by atoms with Crippen molar-refractivity contribution in [2.45, 2.75) is 71.8 Å². The Bertz CT molecular complexity index is 1470. The molecule has 220 valence electrons. The lowest BCUT2D eigenvalue weighted by Crippen LogP contribution is -2.40. The van der Waals surface area contributed by atoms with E-state index in [2.05, 4.69) is 32.1 Å². The zero-order valence-corrected chi connectivity index (χ0v) is 25.2. The van der Waals surface area contributed by atoms with Gasteiger partial charge in [0.05, 0.1) is 17.4 Å². The van der Waals surface area contributed by atoms with Gasteiger partial charge in [-0.05, 0) is 72.4 Å². The number of amides is 2. The number of methoxy groups -OCH3 is 1. The summed E-state index contributed by atoms with van der Waals surface area (Å²) in [4.78, 5) is 39.6. The van der Waals surface area contributed by atoms with E-state index < -0.39 is 29.6 Å². The molecule has 12 nitrogen and oxygen atoms in total. The van der Waals surface area contributed by atoms with E-state index in [1.807, 2.05) is 19.2 Å². The maximum absolute atomic E-state index is 12.7. The molecule has 0 bridgehead atoms.